The van der Waals surface area contributed by atoms with Gasteiger partial charge in [-0.25, -0.2) is 13.8 Å². The Labute approximate surface area is 110 Å². The molecular formula is C12H18F2N4O. The normalized spacial score (nSPS) is 21.1. The maximum atomic E-state index is 13.2. The van der Waals surface area contributed by atoms with Crippen molar-refractivity contribution in [3.63, 3.8) is 0 Å². The molecule has 0 spiro atoms. The first-order chi connectivity index (χ1) is 9.07. The summed E-state index contributed by atoms with van der Waals surface area (Å²) in [6.45, 7) is 0. The Hall–Kier alpha value is -1.34. The molecule has 1 aliphatic rings. The van der Waals surface area contributed by atoms with Gasteiger partial charge in [-0.05, 0) is 18.8 Å². The molecule has 1 aliphatic carbocycles. The summed E-state index contributed by atoms with van der Waals surface area (Å²) in [6, 6.07) is -0.320. The Bertz CT molecular complexity index is 420. The zero-order valence-corrected chi connectivity index (χ0v) is 10.8. The Kier molecular flexibility index (Phi) is 4.26. The van der Waals surface area contributed by atoms with Crippen LogP contribution in [0.1, 0.15) is 37.4 Å². The van der Waals surface area contributed by atoms with E-state index < -0.39 is 5.92 Å². The minimum Gasteiger partial charge on any atom is -0.480 e. The summed E-state index contributed by atoms with van der Waals surface area (Å²) >= 11 is 0. The first-order valence-electron chi connectivity index (χ1n) is 6.26. The number of methoxy groups -OCH3 is 1. The standard InChI is InChI=1S/C12H18F2N4O/c1-19-11-10(16-6-7-17-11)9(18-15)8-2-4-12(13,14)5-3-8/h6-9,18H,2-5,15H2,1H3. The van der Waals surface area contributed by atoms with E-state index in [1.807, 2.05) is 0 Å². The van der Waals surface area contributed by atoms with Crippen molar-refractivity contribution in [3.05, 3.63) is 18.1 Å². The van der Waals surface area contributed by atoms with Gasteiger partial charge in [0.1, 0.15) is 5.69 Å². The molecule has 1 fully saturated rings. The van der Waals surface area contributed by atoms with Crippen LogP contribution in [0.4, 0.5) is 8.78 Å². The van der Waals surface area contributed by atoms with Crippen LogP contribution in [0.25, 0.3) is 0 Å². The number of aromatic nitrogens is 2. The van der Waals surface area contributed by atoms with Gasteiger partial charge in [0.2, 0.25) is 11.8 Å². The molecule has 5 nitrogen and oxygen atoms in total. The minimum absolute atomic E-state index is 0.00947. The highest BCUT2D eigenvalue weighted by molar-refractivity contribution is 5.22. The predicted octanol–water partition coefficient (Wildman–Crippen LogP) is 1.82. The summed E-state index contributed by atoms with van der Waals surface area (Å²) in [7, 11) is 1.50. The SMILES string of the molecule is COc1nccnc1C(NN)C1CCC(F)(F)CC1. The van der Waals surface area contributed by atoms with Crippen LogP contribution in [-0.4, -0.2) is 23.0 Å². The van der Waals surface area contributed by atoms with Crippen molar-refractivity contribution >= 4 is 0 Å². The van der Waals surface area contributed by atoms with E-state index in [-0.39, 0.29) is 24.8 Å². The minimum atomic E-state index is -2.55. The van der Waals surface area contributed by atoms with E-state index >= 15 is 0 Å². The molecule has 0 radical (unpaired) electrons. The summed E-state index contributed by atoms with van der Waals surface area (Å²) in [5.74, 6) is 3.40. The molecule has 1 unspecified atom stereocenters. The fourth-order valence-corrected chi connectivity index (χ4v) is 2.54. The van der Waals surface area contributed by atoms with E-state index in [0.717, 1.165) is 0 Å². The summed E-state index contributed by atoms with van der Waals surface area (Å²) in [4.78, 5) is 8.28. The molecule has 2 rings (SSSR count). The third-order valence-corrected chi connectivity index (χ3v) is 3.59. The van der Waals surface area contributed by atoms with Crippen LogP contribution in [0.3, 0.4) is 0 Å². The summed E-state index contributed by atoms with van der Waals surface area (Å²) in [5.41, 5.74) is 3.23. The van der Waals surface area contributed by atoms with Gasteiger partial charge in [-0.2, -0.15) is 0 Å². The number of rotatable bonds is 4. The molecule has 1 heterocycles. The predicted molar refractivity (Wildman–Crippen MR) is 65.6 cm³/mol. The van der Waals surface area contributed by atoms with E-state index in [2.05, 4.69) is 15.4 Å². The van der Waals surface area contributed by atoms with Crippen LogP contribution in [0.2, 0.25) is 0 Å². The highest BCUT2D eigenvalue weighted by Crippen LogP contribution is 2.41. The van der Waals surface area contributed by atoms with Crippen LogP contribution < -0.4 is 16.0 Å². The van der Waals surface area contributed by atoms with Crippen molar-refractivity contribution in [1.82, 2.24) is 15.4 Å². The van der Waals surface area contributed by atoms with Crippen LogP contribution in [0.5, 0.6) is 5.88 Å². The number of hydrazine groups is 1. The molecule has 0 amide bonds. The van der Waals surface area contributed by atoms with Crippen LogP contribution >= 0.6 is 0 Å². The second-order valence-corrected chi connectivity index (χ2v) is 4.79. The lowest BCUT2D eigenvalue weighted by Crippen LogP contribution is -2.38. The number of nitrogens with one attached hydrogen (secondary N) is 1. The van der Waals surface area contributed by atoms with Gasteiger partial charge in [0.15, 0.2) is 0 Å². The van der Waals surface area contributed by atoms with Crippen LogP contribution in [0.15, 0.2) is 12.4 Å². The average Bonchev–Trinajstić information content (AvgIpc) is 2.42. The topological polar surface area (TPSA) is 73.1 Å². The van der Waals surface area contributed by atoms with Gasteiger partial charge < -0.3 is 4.74 Å². The van der Waals surface area contributed by atoms with E-state index in [0.29, 0.717) is 24.4 Å². The molecule has 1 saturated carbocycles. The van der Waals surface area contributed by atoms with Crippen molar-refractivity contribution < 1.29 is 13.5 Å². The lowest BCUT2D eigenvalue weighted by molar-refractivity contribution is -0.0500. The summed E-state index contributed by atoms with van der Waals surface area (Å²) in [6.07, 6.45) is 3.64. The van der Waals surface area contributed by atoms with Crippen LogP contribution in [0, 0.1) is 5.92 Å². The van der Waals surface area contributed by atoms with Crippen molar-refractivity contribution in [2.24, 2.45) is 11.8 Å². The highest BCUT2D eigenvalue weighted by Gasteiger charge is 2.38. The van der Waals surface area contributed by atoms with Crippen molar-refractivity contribution in [2.45, 2.75) is 37.6 Å². The Morgan fingerprint density at radius 2 is 2.00 bits per heavy atom. The number of hydrogen-bond acceptors (Lipinski definition) is 5. The maximum Gasteiger partial charge on any atom is 0.248 e. The molecule has 0 saturated heterocycles. The second kappa shape index (κ2) is 5.75. The first kappa shape index (κ1) is 14.1. The van der Waals surface area contributed by atoms with Crippen molar-refractivity contribution in [1.29, 1.82) is 0 Å². The van der Waals surface area contributed by atoms with E-state index in [1.54, 1.807) is 6.20 Å². The Morgan fingerprint density at radius 1 is 1.37 bits per heavy atom. The average molecular weight is 272 g/mol. The van der Waals surface area contributed by atoms with Crippen molar-refractivity contribution in [2.75, 3.05) is 7.11 Å². The van der Waals surface area contributed by atoms with Gasteiger partial charge in [-0.1, -0.05) is 0 Å². The third kappa shape index (κ3) is 3.16. The molecule has 19 heavy (non-hydrogen) atoms. The fraction of sp³-hybridized carbons (Fsp3) is 0.667. The number of alkyl halides is 2. The van der Waals surface area contributed by atoms with E-state index in [4.69, 9.17) is 10.6 Å². The zero-order chi connectivity index (χ0) is 13.9. The number of hydrogen-bond donors (Lipinski definition) is 2. The third-order valence-electron chi connectivity index (χ3n) is 3.59. The monoisotopic (exact) mass is 272 g/mol. The van der Waals surface area contributed by atoms with Gasteiger partial charge in [-0.15, -0.1) is 0 Å². The second-order valence-electron chi connectivity index (χ2n) is 4.79. The zero-order valence-electron chi connectivity index (χ0n) is 10.8. The maximum absolute atomic E-state index is 13.2. The lowest BCUT2D eigenvalue weighted by atomic mass is 9.81. The number of nitrogens with zero attached hydrogens (tertiary/aromatic N) is 2. The van der Waals surface area contributed by atoms with Gasteiger partial charge >= 0.3 is 0 Å². The molecule has 0 bridgehead atoms. The molecule has 1 aromatic rings. The largest absolute Gasteiger partial charge is 0.480 e. The molecule has 0 aliphatic heterocycles. The molecule has 0 aromatic carbocycles. The molecular weight excluding hydrogens is 254 g/mol. The lowest BCUT2D eigenvalue weighted by Gasteiger charge is -2.33. The van der Waals surface area contributed by atoms with Gasteiger partial charge in [-0.3, -0.25) is 16.3 Å². The molecule has 7 heteroatoms. The van der Waals surface area contributed by atoms with Gasteiger partial charge in [0.25, 0.3) is 0 Å². The number of nitrogens with two attached hydrogens (primary N) is 1. The molecule has 1 aromatic heterocycles. The van der Waals surface area contributed by atoms with Gasteiger partial charge in [0, 0.05) is 25.2 Å². The molecule has 106 valence electrons. The van der Waals surface area contributed by atoms with Crippen molar-refractivity contribution in [3.8, 4) is 5.88 Å². The van der Waals surface area contributed by atoms with E-state index in [1.165, 1.54) is 13.3 Å². The van der Waals surface area contributed by atoms with E-state index in [9.17, 15) is 8.78 Å². The molecule has 3 N–H and O–H groups in total. The summed E-state index contributed by atoms with van der Waals surface area (Å²) in [5, 5.41) is 0. The molecule has 1 atom stereocenters. The number of ether oxygens (including phenoxy) is 1. The first-order valence-corrected chi connectivity index (χ1v) is 6.26. The highest BCUT2D eigenvalue weighted by atomic mass is 19.3. The number of halogens is 2. The quantitative estimate of drug-likeness (QED) is 0.646. The smallest absolute Gasteiger partial charge is 0.248 e. The Morgan fingerprint density at radius 3 is 2.58 bits per heavy atom. The fourth-order valence-electron chi connectivity index (χ4n) is 2.54. The summed E-state index contributed by atoms with van der Waals surface area (Å²) < 4.78 is 31.5. The van der Waals surface area contributed by atoms with Gasteiger partial charge in [0.05, 0.1) is 13.2 Å². The van der Waals surface area contributed by atoms with Crippen LogP contribution in [-0.2, 0) is 0 Å². The Balaban J connectivity index is 2.16.